The first-order valence-electron chi connectivity index (χ1n) is 18.7. The largest absolute Gasteiger partial charge is 0.472 e. The quantitative estimate of drug-likeness (QED) is 0.281. The number of hydrogen-bond acceptors (Lipinski definition) is 14. The van der Waals surface area contributed by atoms with E-state index in [0.717, 1.165) is 0 Å². The number of aliphatic hydroxyl groups is 4. The molecule has 18 atom stereocenters. The summed E-state index contributed by atoms with van der Waals surface area (Å²) in [7, 11) is 5.33. The molecule has 4 aliphatic heterocycles. The van der Waals surface area contributed by atoms with Crippen molar-refractivity contribution >= 4 is 11.9 Å². The number of fused-ring (bicyclic) bond motifs is 2. The van der Waals surface area contributed by atoms with Crippen molar-refractivity contribution < 1.29 is 58.4 Å². The molecule has 0 aromatic carbocycles. The second-order valence-corrected chi connectivity index (χ2v) is 16.5. The highest BCUT2D eigenvalue weighted by Crippen LogP contribution is 2.44. The van der Waals surface area contributed by atoms with Crippen molar-refractivity contribution in [3.05, 3.63) is 0 Å². The molecule has 14 heteroatoms. The van der Waals surface area contributed by atoms with E-state index in [2.05, 4.69) is 0 Å². The van der Waals surface area contributed by atoms with Gasteiger partial charge in [0.15, 0.2) is 18.5 Å². The third kappa shape index (κ3) is 8.60. The van der Waals surface area contributed by atoms with Crippen molar-refractivity contribution in [2.45, 2.75) is 185 Å². The van der Waals surface area contributed by atoms with Gasteiger partial charge in [-0.3, -0.25) is 4.79 Å². The zero-order chi connectivity index (χ0) is 38.4. The van der Waals surface area contributed by atoms with Crippen LogP contribution in [-0.4, -0.2) is 149 Å². The van der Waals surface area contributed by atoms with Gasteiger partial charge in [-0.1, -0.05) is 20.8 Å². The number of likely N-dealkylation sites (N-methyl/N-ethyl adjacent to an activating group) is 1. The predicted octanol–water partition coefficient (Wildman–Crippen LogP) is 2.41. The van der Waals surface area contributed by atoms with Gasteiger partial charge >= 0.3 is 5.97 Å². The van der Waals surface area contributed by atoms with Gasteiger partial charge in [-0.05, 0) is 75.4 Å². The minimum Gasteiger partial charge on any atom is -0.472 e. The van der Waals surface area contributed by atoms with Crippen molar-refractivity contribution in [1.82, 2.24) is 4.90 Å². The number of methoxy groups -OCH3 is 1. The number of nitrogens with zero attached hydrogens (tertiary/aromatic N) is 2. The van der Waals surface area contributed by atoms with Crippen LogP contribution >= 0.6 is 0 Å². The van der Waals surface area contributed by atoms with Crippen LogP contribution in [0, 0.1) is 17.8 Å². The van der Waals surface area contributed by atoms with Crippen molar-refractivity contribution in [3.63, 3.8) is 0 Å². The van der Waals surface area contributed by atoms with Gasteiger partial charge in [-0.25, -0.2) is 4.99 Å². The Labute approximate surface area is 304 Å². The molecular formula is C37H66N2O12. The summed E-state index contributed by atoms with van der Waals surface area (Å²) in [5, 5.41) is 45.5. The van der Waals surface area contributed by atoms with Crippen LogP contribution in [0.4, 0.5) is 0 Å². The Bertz CT molecular complexity index is 1220. The van der Waals surface area contributed by atoms with Crippen molar-refractivity contribution in [3.8, 4) is 0 Å². The maximum Gasteiger partial charge on any atom is 0.311 e. The van der Waals surface area contributed by atoms with E-state index in [-0.39, 0.29) is 30.9 Å². The van der Waals surface area contributed by atoms with E-state index in [1.165, 1.54) is 14.0 Å². The van der Waals surface area contributed by atoms with Crippen molar-refractivity contribution in [2.75, 3.05) is 21.2 Å². The molecular weight excluding hydrogens is 664 g/mol. The summed E-state index contributed by atoms with van der Waals surface area (Å²) in [5.74, 6) is -2.03. The fourth-order valence-electron chi connectivity index (χ4n) is 8.61. The minimum absolute atomic E-state index is 0.163. The molecule has 0 aromatic heterocycles. The first kappa shape index (κ1) is 42.3. The summed E-state index contributed by atoms with van der Waals surface area (Å²) in [4.78, 5) is 20.9. The number of rotatable bonds is 7. The van der Waals surface area contributed by atoms with Crippen LogP contribution in [0.1, 0.15) is 94.9 Å². The van der Waals surface area contributed by atoms with Crippen LogP contribution in [0.5, 0.6) is 0 Å². The number of esters is 1. The van der Waals surface area contributed by atoms with Gasteiger partial charge in [0, 0.05) is 37.8 Å². The predicted molar refractivity (Wildman–Crippen MR) is 188 cm³/mol. The molecule has 0 saturated carbocycles. The maximum atomic E-state index is 14.2. The Morgan fingerprint density at radius 3 is 2.20 bits per heavy atom. The number of carbonyl (C=O) groups is 1. The molecule has 4 rings (SSSR count). The highest BCUT2D eigenvalue weighted by Gasteiger charge is 2.56. The van der Waals surface area contributed by atoms with E-state index in [0.29, 0.717) is 18.7 Å². The highest BCUT2D eigenvalue weighted by atomic mass is 16.7. The topological polar surface area (TPSA) is 178 Å². The number of aliphatic hydroxyl groups excluding tert-OH is 3. The van der Waals surface area contributed by atoms with E-state index >= 15 is 0 Å². The van der Waals surface area contributed by atoms with Crippen LogP contribution in [0.25, 0.3) is 0 Å². The second kappa shape index (κ2) is 16.1. The summed E-state index contributed by atoms with van der Waals surface area (Å²) < 4.78 is 44.5. The Kier molecular flexibility index (Phi) is 13.4. The maximum absolute atomic E-state index is 14.2. The van der Waals surface area contributed by atoms with Gasteiger partial charge < -0.3 is 58.5 Å². The number of carbonyl (C=O) groups excluding carboxylic acids is 1. The molecule has 4 heterocycles. The monoisotopic (exact) mass is 730 g/mol. The molecule has 4 N–H and O–H groups in total. The fraction of sp³-hybridized carbons (Fsp3) is 0.946. The molecule has 296 valence electrons. The SMILES string of the molecule is CC[C@H]1OC(=O)[C@H](C)[C@@H](O[C@@H]2C[C@](C)(OC)[C@H](O)[C@@H](C)O2)[C@H](C)[C@@H](O[C@@H]2O[C@H](C)C[C@H](N(C)C)[C@H]2O)[C@]2(C)C[C@H](C)C(=N[C@H](C)[C@@H](O)[C@]1(C)O)O2. The van der Waals surface area contributed by atoms with Gasteiger partial charge in [0.1, 0.15) is 41.7 Å². The molecule has 0 aliphatic carbocycles. The van der Waals surface area contributed by atoms with Gasteiger partial charge in [-0.2, -0.15) is 0 Å². The Morgan fingerprint density at radius 2 is 1.61 bits per heavy atom. The lowest BCUT2D eigenvalue weighted by Crippen LogP contribution is -2.60. The number of aliphatic imine (C=N–C) groups is 1. The zero-order valence-corrected chi connectivity index (χ0v) is 32.9. The Hall–Kier alpha value is -1.46. The number of hydrogen-bond donors (Lipinski definition) is 4. The first-order valence-corrected chi connectivity index (χ1v) is 18.7. The molecule has 14 nitrogen and oxygen atoms in total. The van der Waals surface area contributed by atoms with Crippen molar-refractivity contribution in [1.29, 1.82) is 0 Å². The van der Waals surface area contributed by atoms with Crippen LogP contribution < -0.4 is 0 Å². The Morgan fingerprint density at radius 1 is 0.961 bits per heavy atom. The first-order chi connectivity index (χ1) is 23.6. The molecule has 2 bridgehead atoms. The van der Waals surface area contributed by atoms with Gasteiger partial charge in [0.25, 0.3) is 0 Å². The van der Waals surface area contributed by atoms with E-state index in [1.807, 2.05) is 46.7 Å². The van der Waals surface area contributed by atoms with E-state index < -0.39 is 96.0 Å². The molecule has 0 unspecified atom stereocenters. The van der Waals surface area contributed by atoms with Gasteiger partial charge in [0.05, 0.1) is 35.9 Å². The second-order valence-electron chi connectivity index (χ2n) is 16.5. The lowest BCUT2D eigenvalue weighted by molar-refractivity contribution is -0.315. The molecule has 0 spiro atoms. The molecule has 0 amide bonds. The third-order valence-electron chi connectivity index (χ3n) is 11.9. The third-order valence-corrected chi connectivity index (χ3v) is 11.9. The fourth-order valence-corrected chi connectivity index (χ4v) is 8.61. The van der Waals surface area contributed by atoms with Gasteiger partial charge in [-0.15, -0.1) is 0 Å². The normalized spacial score (nSPS) is 50.3. The summed E-state index contributed by atoms with van der Waals surface area (Å²) in [6.45, 7) is 17.8. The summed E-state index contributed by atoms with van der Waals surface area (Å²) in [6, 6.07) is -1.04. The standard InChI is InChI=1S/C37H66N2O12/c1-14-25-37(10,44)29(41)22(6)38-32-18(2)16-36(9,51-32)31(50-34-27(40)24(39(11)12)15-19(3)46-34)20(4)28(21(5)33(43)48-25)49-26-17-35(8,45-13)30(42)23(7)47-26/h18-31,34,40-42,44H,14-17H2,1-13H3/t18-,19+,20-,21+,22+,23+,24-,25+,26+,27+,28-,29+,30+,31+,34-,35-,36-,37+/m0/s1. The van der Waals surface area contributed by atoms with E-state index in [9.17, 15) is 25.2 Å². The molecule has 3 fully saturated rings. The van der Waals surface area contributed by atoms with Crippen molar-refractivity contribution in [2.24, 2.45) is 22.7 Å². The highest BCUT2D eigenvalue weighted by molar-refractivity contribution is 5.81. The summed E-state index contributed by atoms with van der Waals surface area (Å²) >= 11 is 0. The lowest BCUT2D eigenvalue weighted by atomic mass is 9.79. The number of ether oxygens (including phenoxy) is 7. The molecule has 0 aromatic rings. The lowest BCUT2D eigenvalue weighted by Gasteiger charge is -2.48. The minimum atomic E-state index is -1.84. The van der Waals surface area contributed by atoms with Crippen LogP contribution in [-0.2, 0) is 38.0 Å². The number of cyclic esters (lactones) is 1. The zero-order valence-electron chi connectivity index (χ0n) is 32.9. The van der Waals surface area contributed by atoms with Gasteiger partial charge in [0.2, 0.25) is 0 Å². The van der Waals surface area contributed by atoms with E-state index in [1.54, 1.807) is 34.6 Å². The smallest absolute Gasteiger partial charge is 0.311 e. The average molecular weight is 731 g/mol. The average Bonchev–Trinajstić information content (AvgIpc) is 3.35. The Balaban J connectivity index is 1.85. The van der Waals surface area contributed by atoms with Crippen LogP contribution in [0.3, 0.4) is 0 Å². The molecule has 51 heavy (non-hydrogen) atoms. The molecule has 3 saturated heterocycles. The molecule has 0 radical (unpaired) electrons. The van der Waals surface area contributed by atoms with Crippen LogP contribution in [0.15, 0.2) is 4.99 Å². The molecule has 4 aliphatic rings. The summed E-state index contributed by atoms with van der Waals surface area (Å²) in [5.41, 5.74) is -3.91. The summed E-state index contributed by atoms with van der Waals surface area (Å²) in [6.07, 6.45) is -7.53. The van der Waals surface area contributed by atoms with Crippen LogP contribution in [0.2, 0.25) is 0 Å². The van der Waals surface area contributed by atoms with E-state index in [4.69, 9.17) is 38.2 Å².